The van der Waals surface area contributed by atoms with Gasteiger partial charge in [-0.3, -0.25) is 9.59 Å². The molecule has 1 atom stereocenters. The molecule has 1 aromatic carbocycles. The molecule has 182 valence electrons. The fourth-order valence-corrected chi connectivity index (χ4v) is 7.44. The standard InChI is InChI=1S/C26H32N2O4S2/c1-26(2,3)18-11-8-17(9-12-18)10-13-22(29)28-25-23(20-6-4-5-7-21(20)33-25)24(30)27-19-14-15-34(31,32)16-19/h8-13,19H,4-7,14-16H2,1-3H3,(H,27,30)(H,28,29)/b13-10+/t19-/m0/s1. The molecule has 0 bridgehead atoms. The van der Waals surface area contributed by atoms with E-state index in [1.807, 2.05) is 12.1 Å². The third kappa shape index (κ3) is 5.78. The van der Waals surface area contributed by atoms with Crippen LogP contribution in [0.1, 0.15) is 72.0 Å². The van der Waals surface area contributed by atoms with Crippen LogP contribution in [0, 0.1) is 0 Å². The van der Waals surface area contributed by atoms with E-state index >= 15 is 0 Å². The molecule has 0 unspecified atom stereocenters. The molecule has 2 aromatic rings. The first-order valence-corrected chi connectivity index (χ1v) is 14.4. The van der Waals surface area contributed by atoms with Crippen molar-refractivity contribution in [1.29, 1.82) is 0 Å². The van der Waals surface area contributed by atoms with Gasteiger partial charge in [0.15, 0.2) is 9.84 Å². The largest absolute Gasteiger partial charge is 0.348 e. The summed E-state index contributed by atoms with van der Waals surface area (Å²) >= 11 is 1.46. The number of sulfone groups is 1. The highest BCUT2D eigenvalue weighted by Crippen LogP contribution is 2.38. The number of nitrogens with one attached hydrogen (secondary N) is 2. The first-order valence-electron chi connectivity index (χ1n) is 11.8. The molecule has 0 spiro atoms. The number of aryl methyl sites for hydroxylation is 1. The Balaban J connectivity index is 1.50. The predicted octanol–water partition coefficient (Wildman–Crippen LogP) is 4.49. The van der Waals surface area contributed by atoms with E-state index in [1.54, 1.807) is 6.08 Å². The van der Waals surface area contributed by atoms with E-state index in [4.69, 9.17) is 0 Å². The molecule has 2 N–H and O–H groups in total. The summed E-state index contributed by atoms with van der Waals surface area (Å²) in [5.74, 6) is -0.511. The van der Waals surface area contributed by atoms with E-state index in [1.165, 1.54) is 23.0 Å². The van der Waals surface area contributed by atoms with Crippen molar-refractivity contribution in [2.24, 2.45) is 0 Å². The van der Waals surface area contributed by atoms with Gasteiger partial charge in [-0.1, -0.05) is 45.0 Å². The zero-order chi connectivity index (χ0) is 24.5. The van der Waals surface area contributed by atoms with Crippen LogP contribution in [-0.4, -0.2) is 37.8 Å². The maximum atomic E-state index is 13.2. The first kappa shape index (κ1) is 24.7. The van der Waals surface area contributed by atoms with Crippen molar-refractivity contribution in [2.45, 2.75) is 64.3 Å². The minimum absolute atomic E-state index is 0.0243. The Morgan fingerprint density at radius 2 is 1.79 bits per heavy atom. The highest BCUT2D eigenvalue weighted by molar-refractivity contribution is 7.91. The van der Waals surface area contributed by atoms with Gasteiger partial charge < -0.3 is 10.6 Å². The second-order valence-electron chi connectivity index (χ2n) is 10.2. The fraction of sp³-hybridized carbons (Fsp3) is 0.462. The van der Waals surface area contributed by atoms with Crippen molar-refractivity contribution < 1.29 is 18.0 Å². The Morgan fingerprint density at radius 3 is 2.44 bits per heavy atom. The number of fused-ring (bicyclic) bond motifs is 1. The van der Waals surface area contributed by atoms with E-state index in [9.17, 15) is 18.0 Å². The Hall–Kier alpha value is -2.45. The molecule has 0 radical (unpaired) electrons. The van der Waals surface area contributed by atoms with Crippen molar-refractivity contribution in [2.75, 3.05) is 16.8 Å². The summed E-state index contributed by atoms with van der Waals surface area (Å²) in [4.78, 5) is 27.0. The number of thiophene rings is 1. The second-order valence-corrected chi connectivity index (χ2v) is 13.5. The van der Waals surface area contributed by atoms with Crippen molar-refractivity contribution in [3.05, 3.63) is 57.5 Å². The molecule has 8 heteroatoms. The molecular formula is C26H32N2O4S2. The Morgan fingerprint density at radius 1 is 1.09 bits per heavy atom. The van der Waals surface area contributed by atoms with E-state index in [-0.39, 0.29) is 34.8 Å². The number of benzene rings is 1. The topological polar surface area (TPSA) is 92.3 Å². The van der Waals surface area contributed by atoms with E-state index in [0.29, 0.717) is 17.0 Å². The molecule has 0 saturated carbocycles. The van der Waals surface area contributed by atoms with Crippen LogP contribution in [0.4, 0.5) is 5.00 Å². The van der Waals surface area contributed by atoms with Gasteiger partial charge in [0.05, 0.1) is 17.1 Å². The van der Waals surface area contributed by atoms with Gasteiger partial charge in [-0.15, -0.1) is 11.3 Å². The van der Waals surface area contributed by atoms with Crippen LogP contribution in [0.5, 0.6) is 0 Å². The highest BCUT2D eigenvalue weighted by Gasteiger charge is 2.32. The van der Waals surface area contributed by atoms with Crippen LogP contribution >= 0.6 is 11.3 Å². The van der Waals surface area contributed by atoms with Gasteiger partial charge in [0, 0.05) is 17.0 Å². The molecule has 1 aliphatic carbocycles. The van der Waals surface area contributed by atoms with Crippen LogP contribution in [0.2, 0.25) is 0 Å². The van der Waals surface area contributed by atoms with Crippen molar-refractivity contribution in [1.82, 2.24) is 5.32 Å². The summed E-state index contributed by atoms with van der Waals surface area (Å²) in [7, 11) is -3.09. The van der Waals surface area contributed by atoms with Gasteiger partial charge in [0.1, 0.15) is 5.00 Å². The lowest BCUT2D eigenvalue weighted by Gasteiger charge is -2.18. The monoisotopic (exact) mass is 500 g/mol. The van der Waals surface area contributed by atoms with Gasteiger partial charge in [-0.2, -0.15) is 0 Å². The van der Waals surface area contributed by atoms with Crippen LogP contribution in [0.25, 0.3) is 6.08 Å². The lowest BCUT2D eigenvalue weighted by molar-refractivity contribution is -0.111. The normalized spacial score (nSPS) is 19.7. The van der Waals surface area contributed by atoms with E-state index in [0.717, 1.165) is 41.7 Å². The molecule has 6 nitrogen and oxygen atoms in total. The van der Waals surface area contributed by atoms with Crippen LogP contribution < -0.4 is 10.6 Å². The molecule has 34 heavy (non-hydrogen) atoms. The number of carbonyl (C=O) groups excluding carboxylic acids is 2. The minimum Gasteiger partial charge on any atom is -0.348 e. The third-order valence-corrected chi connectivity index (χ3v) is 9.38. The molecular weight excluding hydrogens is 468 g/mol. The van der Waals surface area contributed by atoms with Crippen molar-refractivity contribution >= 4 is 44.1 Å². The summed E-state index contributed by atoms with van der Waals surface area (Å²) in [5.41, 5.74) is 3.71. The van der Waals surface area contributed by atoms with Crippen LogP contribution in [0.15, 0.2) is 30.3 Å². The van der Waals surface area contributed by atoms with Crippen molar-refractivity contribution in [3.63, 3.8) is 0 Å². The number of rotatable bonds is 5. The van der Waals surface area contributed by atoms with Crippen LogP contribution in [0.3, 0.4) is 0 Å². The summed E-state index contributed by atoms with van der Waals surface area (Å²) in [5, 5.41) is 6.35. The predicted molar refractivity (Wildman–Crippen MR) is 138 cm³/mol. The van der Waals surface area contributed by atoms with E-state index < -0.39 is 9.84 Å². The van der Waals surface area contributed by atoms with E-state index in [2.05, 4.69) is 43.5 Å². The number of anilines is 1. The van der Waals surface area contributed by atoms with Gasteiger partial charge in [0.25, 0.3) is 5.91 Å². The smallest absolute Gasteiger partial charge is 0.254 e. The number of hydrogen-bond acceptors (Lipinski definition) is 5. The summed E-state index contributed by atoms with van der Waals surface area (Å²) in [6, 6.07) is 7.73. The van der Waals surface area contributed by atoms with Gasteiger partial charge in [-0.25, -0.2) is 8.42 Å². The SMILES string of the molecule is CC(C)(C)c1ccc(/C=C/C(=O)Nc2sc3c(c2C(=O)N[C@H]2CCS(=O)(=O)C2)CCCC3)cc1. The van der Waals surface area contributed by atoms with Gasteiger partial charge >= 0.3 is 0 Å². The number of hydrogen-bond donors (Lipinski definition) is 2. The zero-order valence-electron chi connectivity index (χ0n) is 19.9. The first-order chi connectivity index (χ1) is 16.0. The number of amides is 2. The molecule has 1 saturated heterocycles. The highest BCUT2D eigenvalue weighted by atomic mass is 32.2. The fourth-order valence-electron chi connectivity index (χ4n) is 4.48. The average Bonchev–Trinajstić information content (AvgIpc) is 3.30. The maximum absolute atomic E-state index is 13.2. The minimum atomic E-state index is -3.09. The Bertz CT molecular complexity index is 1220. The third-order valence-electron chi connectivity index (χ3n) is 6.41. The number of carbonyl (C=O) groups is 2. The molecule has 2 amide bonds. The Kier molecular flexibility index (Phi) is 7.01. The zero-order valence-corrected chi connectivity index (χ0v) is 21.6. The maximum Gasteiger partial charge on any atom is 0.254 e. The molecule has 1 aliphatic heterocycles. The molecule has 1 fully saturated rings. The lowest BCUT2D eigenvalue weighted by atomic mass is 9.87. The van der Waals surface area contributed by atoms with Gasteiger partial charge in [0.2, 0.25) is 5.91 Å². The Labute approximate surface area is 205 Å². The second kappa shape index (κ2) is 9.66. The lowest BCUT2D eigenvalue weighted by Crippen LogP contribution is -2.36. The van der Waals surface area contributed by atoms with Crippen molar-refractivity contribution in [3.8, 4) is 0 Å². The average molecular weight is 501 g/mol. The van der Waals surface area contributed by atoms with Crippen LogP contribution in [-0.2, 0) is 32.9 Å². The summed E-state index contributed by atoms with van der Waals surface area (Å²) in [6.45, 7) is 6.47. The summed E-state index contributed by atoms with van der Waals surface area (Å²) < 4.78 is 23.6. The molecule has 1 aromatic heterocycles. The summed E-state index contributed by atoms with van der Waals surface area (Å²) in [6.07, 6.45) is 7.42. The van der Waals surface area contributed by atoms with Gasteiger partial charge in [-0.05, 0) is 60.3 Å². The quantitative estimate of drug-likeness (QED) is 0.592. The molecule has 2 heterocycles. The molecule has 2 aliphatic rings. The molecule has 4 rings (SSSR count).